The third kappa shape index (κ3) is 3.05. The molecule has 2 fully saturated rings. The Kier molecular flexibility index (Phi) is 4.59. The minimum Gasteiger partial charge on any atom is -0.382 e. The minimum atomic E-state index is -0.788. The quantitative estimate of drug-likeness (QED) is 0.485. The number of amides is 1. The third-order valence-electron chi connectivity index (χ3n) is 7.29. The van der Waals surface area contributed by atoms with E-state index in [1.54, 1.807) is 6.20 Å². The number of nitrogens with zero attached hydrogens (tertiary/aromatic N) is 6. The van der Waals surface area contributed by atoms with Crippen molar-refractivity contribution in [1.82, 2.24) is 29.6 Å². The van der Waals surface area contributed by atoms with Crippen LogP contribution in [0.1, 0.15) is 44.3 Å². The lowest BCUT2D eigenvalue weighted by Gasteiger charge is -2.33. The number of fused-ring (bicyclic) bond motifs is 3. The highest BCUT2D eigenvalue weighted by Gasteiger charge is 2.53. The highest BCUT2D eigenvalue weighted by Crippen LogP contribution is 2.47. The molecule has 3 N–H and O–H groups in total. The molecular weight excluding hydrogens is 428 g/mol. The van der Waals surface area contributed by atoms with Gasteiger partial charge in [-0.1, -0.05) is 6.07 Å². The molecule has 0 bridgehead atoms. The number of anilines is 1. The van der Waals surface area contributed by atoms with E-state index in [1.165, 1.54) is 0 Å². The van der Waals surface area contributed by atoms with Crippen LogP contribution in [0.4, 0.5) is 5.82 Å². The average molecular weight is 455 g/mol. The number of benzene rings is 1. The van der Waals surface area contributed by atoms with Crippen molar-refractivity contribution in [1.29, 1.82) is 5.26 Å². The molecule has 2 aliphatic rings. The van der Waals surface area contributed by atoms with Gasteiger partial charge in [0.15, 0.2) is 5.82 Å². The number of nitrogen functional groups attached to an aromatic ring is 1. The maximum Gasteiger partial charge on any atom is 0.243 e. The zero-order valence-corrected chi connectivity index (χ0v) is 19.1. The van der Waals surface area contributed by atoms with Gasteiger partial charge in [0.1, 0.15) is 16.8 Å². The second-order valence-electron chi connectivity index (χ2n) is 9.38. The Morgan fingerprint density at radius 2 is 2.18 bits per heavy atom. The van der Waals surface area contributed by atoms with E-state index < -0.39 is 5.41 Å². The molecule has 1 saturated carbocycles. The van der Waals surface area contributed by atoms with Crippen molar-refractivity contribution in [3.63, 3.8) is 0 Å². The zero-order chi connectivity index (χ0) is 23.4. The Balaban J connectivity index is 1.43. The number of H-pyrrole nitrogens is 1. The monoisotopic (exact) mass is 454 g/mol. The maximum atomic E-state index is 13.0. The molecule has 4 heterocycles. The Morgan fingerprint density at radius 3 is 2.88 bits per heavy atom. The average Bonchev–Trinajstić information content (AvgIpc) is 3.28. The molecular formula is C25H26N8O. The fourth-order valence-electron chi connectivity index (χ4n) is 5.31. The molecule has 1 saturated heterocycles. The Bertz CT molecular complexity index is 1460. The topological polar surface area (TPSA) is 130 Å². The highest BCUT2D eigenvalue weighted by atomic mass is 16.2. The number of hydrogen-bond donors (Lipinski definition) is 2. The summed E-state index contributed by atoms with van der Waals surface area (Å²) >= 11 is 0. The molecule has 0 unspecified atom stereocenters. The van der Waals surface area contributed by atoms with Crippen molar-refractivity contribution < 1.29 is 4.79 Å². The second kappa shape index (κ2) is 7.55. The van der Waals surface area contributed by atoms with Crippen molar-refractivity contribution in [2.75, 3.05) is 18.8 Å². The summed E-state index contributed by atoms with van der Waals surface area (Å²) in [6.07, 6.45) is 4.98. The summed E-state index contributed by atoms with van der Waals surface area (Å²) in [4.78, 5) is 24.5. The molecule has 172 valence electrons. The zero-order valence-electron chi connectivity index (χ0n) is 19.1. The van der Waals surface area contributed by atoms with Gasteiger partial charge >= 0.3 is 0 Å². The summed E-state index contributed by atoms with van der Waals surface area (Å²) in [7, 11) is 0. The van der Waals surface area contributed by atoms with Gasteiger partial charge in [0.25, 0.3) is 0 Å². The molecule has 1 amide bonds. The first kappa shape index (κ1) is 20.7. The number of piperidine rings is 1. The van der Waals surface area contributed by atoms with Crippen LogP contribution >= 0.6 is 0 Å². The van der Waals surface area contributed by atoms with Gasteiger partial charge < -0.3 is 15.2 Å². The van der Waals surface area contributed by atoms with Crippen LogP contribution in [0.5, 0.6) is 0 Å². The molecule has 1 aliphatic heterocycles. The lowest BCUT2D eigenvalue weighted by atomic mass is 9.95. The fraction of sp³-hybridized carbons (Fsp3) is 0.400. The van der Waals surface area contributed by atoms with E-state index in [4.69, 9.17) is 10.7 Å². The molecule has 3 aromatic heterocycles. The van der Waals surface area contributed by atoms with Crippen molar-refractivity contribution in [3.8, 4) is 17.3 Å². The van der Waals surface area contributed by atoms with E-state index in [0.29, 0.717) is 37.3 Å². The highest BCUT2D eigenvalue weighted by molar-refractivity contribution is 6.07. The van der Waals surface area contributed by atoms with Crippen molar-refractivity contribution >= 4 is 33.7 Å². The van der Waals surface area contributed by atoms with Gasteiger partial charge in [-0.05, 0) is 50.8 Å². The number of carbonyl (C=O) groups excluding carboxylic acids is 1. The Hall–Kier alpha value is -3.93. The summed E-state index contributed by atoms with van der Waals surface area (Å²) in [6.45, 7) is 4.12. The lowest BCUT2D eigenvalue weighted by Crippen LogP contribution is -2.43. The molecule has 4 aromatic rings. The minimum absolute atomic E-state index is 0.0172. The van der Waals surface area contributed by atoms with Gasteiger partial charge in [0.2, 0.25) is 5.91 Å². The first-order valence-electron chi connectivity index (χ1n) is 11.8. The number of pyridine rings is 1. The molecule has 9 heteroatoms. The lowest BCUT2D eigenvalue weighted by molar-refractivity contribution is -0.136. The van der Waals surface area contributed by atoms with Gasteiger partial charge in [0.05, 0.1) is 22.8 Å². The number of aromatic amines is 1. The van der Waals surface area contributed by atoms with Gasteiger partial charge in [-0.25, -0.2) is 9.97 Å². The van der Waals surface area contributed by atoms with Crippen LogP contribution < -0.4 is 5.73 Å². The van der Waals surface area contributed by atoms with Crippen LogP contribution in [0, 0.1) is 16.7 Å². The van der Waals surface area contributed by atoms with Crippen molar-refractivity contribution in [2.45, 2.75) is 45.1 Å². The molecule has 1 aliphatic carbocycles. The Labute approximate surface area is 196 Å². The summed E-state index contributed by atoms with van der Waals surface area (Å²) in [5, 5.41) is 17.6. The summed E-state index contributed by atoms with van der Waals surface area (Å²) in [5.74, 6) is 1.42. The number of carbonyl (C=O) groups is 1. The van der Waals surface area contributed by atoms with Gasteiger partial charge in [0, 0.05) is 42.7 Å². The molecule has 0 radical (unpaired) electrons. The standard InChI is InChI=1S/C25H26N8O/c1-2-33-21-17-6-5-15(18-7-10-28-31-18)12-19(17)29-22(27)20(21)30-23(33)16-4-3-11-32(13-16)24(34)25(14-26)8-9-25/h5-7,10,12,16H,2-4,8-9,11,13H2,1H3,(H2,27,29)(H,28,31)/t16-/m0/s1. The van der Waals surface area contributed by atoms with Crippen LogP contribution in [0.3, 0.4) is 0 Å². The third-order valence-corrected chi connectivity index (χ3v) is 7.29. The van der Waals surface area contributed by atoms with E-state index in [0.717, 1.165) is 52.9 Å². The second-order valence-corrected chi connectivity index (χ2v) is 9.38. The number of aromatic nitrogens is 5. The molecule has 1 aromatic carbocycles. The first-order chi connectivity index (χ1) is 16.5. The van der Waals surface area contributed by atoms with Gasteiger partial charge in [-0.3, -0.25) is 9.89 Å². The number of hydrogen-bond acceptors (Lipinski definition) is 6. The molecule has 9 nitrogen and oxygen atoms in total. The van der Waals surface area contributed by atoms with E-state index in [2.05, 4.69) is 38.8 Å². The van der Waals surface area contributed by atoms with Crippen molar-refractivity contribution in [3.05, 3.63) is 36.3 Å². The SMILES string of the molecule is CCn1c([C@H]2CCCN(C(=O)C3(C#N)CC3)C2)nc2c(N)nc3cc(-c4cc[nH]n4)ccc3c21. The number of nitrogens with two attached hydrogens (primary N) is 1. The normalized spacial score (nSPS) is 19.4. The number of rotatable bonds is 4. The molecule has 6 rings (SSSR count). The number of aryl methyl sites for hydroxylation is 1. The van der Waals surface area contributed by atoms with Gasteiger partial charge in [-0.2, -0.15) is 10.4 Å². The van der Waals surface area contributed by atoms with E-state index in [9.17, 15) is 10.1 Å². The van der Waals surface area contributed by atoms with E-state index >= 15 is 0 Å². The van der Waals surface area contributed by atoms with E-state index in [1.807, 2.05) is 23.1 Å². The van der Waals surface area contributed by atoms with Crippen LogP contribution in [0.2, 0.25) is 0 Å². The van der Waals surface area contributed by atoms with Crippen molar-refractivity contribution in [2.24, 2.45) is 5.41 Å². The number of nitrogens with one attached hydrogen (secondary N) is 1. The van der Waals surface area contributed by atoms with Crippen LogP contribution in [-0.4, -0.2) is 48.6 Å². The predicted molar refractivity (Wildman–Crippen MR) is 129 cm³/mol. The largest absolute Gasteiger partial charge is 0.382 e. The van der Waals surface area contributed by atoms with E-state index in [-0.39, 0.29) is 11.8 Å². The Morgan fingerprint density at radius 1 is 1.32 bits per heavy atom. The predicted octanol–water partition coefficient (Wildman–Crippen LogP) is 3.59. The molecule has 34 heavy (non-hydrogen) atoms. The summed E-state index contributed by atoms with van der Waals surface area (Å²) < 4.78 is 2.22. The number of nitriles is 1. The summed E-state index contributed by atoms with van der Waals surface area (Å²) in [6, 6.07) is 10.3. The number of imidazole rings is 1. The van der Waals surface area contributed by atoms with Crippen LogP contribution in [0.25, 0.3) is 33.2 Å². The van der Waals surface area contributed by atoms with Crippen LogP contribution in [0.15, 0.2) is 30.5 Å². The smallest absolute Gasteiger partial charge is 0.243 e. The first-order valence-corrected chi connectivity index (χ1v) is 11.8. The number of likely N-dealkylation sites (tertiary alicyclic amines) is 1. The summed E-state index contributed by atoms with van der Waals surface area (Å²) in [5.41, 5.74) is 9.93. The fourth-order valence-corrected chi connectivity index (χ4v) is 5.31. The van der Waals surface area contributed by atoms with Crippen LogP contribution in [-0.2, 0) is 11.3 Å². The van der Waals surface area contributed by atoms with Gasteiger partial charge in [-0.15, -0.1) is 0 Å². The maximum absolute atomic E-state index is 13.0. The molecule has 0 spiro atoms. The molecule has 1 atom stereocenters.